The molecule has 6 heteroatoms. The van der Waals surface area contributed by atoms with Crippen LogP contribution in [0.1, 0.15) is 48.4 Å². The van der Waals surface area contributed by atoms with Gasteiger partial charge in [-0.3, -0.25) is 4.79 Å². The van der Waals surface area contributed by atoms with Crippen molar-refractivity contribution in [2.24, 2.45) is 5.92 Å². The quantitative estimate of drug-likeness (QED) is 0.544. The lowest BCUT2D eigenvalue weighted by atomic mass is 9.95. The summed E-state index contributed by atoms with van der Waals surface area (Å²) in [6, 6.07) is 12.8. The Bertz CT molecular complexity index is 904. The van der Waals surface area contributed by atoms with Crippen LogP contribution in [-0.4, -0.2) is 49.1 Å². The van der Waals surface area contributed by atoms with E-state index in [-0.39, 0.29) is 11.9 Å². The predicted octanol–water partition coefficient (Wildman–Crippen LogP) is 4.80. The van der Waals surface area contributed by atoms with E-state index in [1.165, 1.54) is 43.2 Å². The zero-order valence-corrected chi connectivity index (χ0v) is 19.9. The van der Waals surface area contributed by atoms with Gasteiger partial charge in [-0.05, 0) is 73.9 Å². The van der Waals surface area contributed by atoms with Crippen molar-refractivity contribution in [2.45, 2.75) is 44.4 Å². The van der Waals surface area contributed by atoms with E-state index >= 15 is 0 Å². The van der Waals surface area contributed by atoms with Gasteiger partial charge in [0.15, 0.2) is 0 Å². The molecule has 0 saturated carbocycles. The summed E-state index contributed by atoms with van der Waals surface area (Å²) >= 11 is 3.56. The van der Waals surface area contributed by atoms with E-state index in [1.54, 1.807) is 0 Å². The highest BCUT2D eigenvalue weighted by Crippen LogP contribution is 2.29. The van der Waals surface area contributed by atoms with Crippen molar-refractivity contribution in [1.82, 2.24) is 9.88 Å². The van der Waals surface area contributed by atoms with Crippen LogP contribution in [0.25, 0.3) is 0 Å². The Morgan fingerprint density at radius 2 is 2.26 bits per heavy atom. The number of anilines is 1. The van der Waals surface area contributed by atoms with Crippen molar-refractivity contribution in [3.8, 4) is 0 Å². The van der Waals surface area contributed by atoms with Gasteiger partial charge in [0, 0.05) is 35.7 Å². The number of aryl methyl sites for hydroxylation is 2. The number of fused-ring (bicyclic) bond motifs is 1. The van der Waals surface area contributed by atoms with Crippen molar-refractivity contribution in [2.75, 3.05) is 38.6 Å². The Balaban J connectivity index is 1.32. The molecular formula is C25H32BrN3O2. The van der Waals surface area contributed by atoms with Crippen LogP contribution >= 0.6 is 15.9 Å². The minimum Gasteiger partial charge on any atom is -0.469 e. The number of carbonyl (C=O) groups excluding carboxylic acids is 1. The lowest BCUT2D eigenvalue weighted by Gasteiger charge is -2.24. The second kappa shape index (κ2) is 10.6. The van der Waals surface area contributed by atoms with Crippen LogP contribution < -0.4 is 5.32 Å². The number of halogens is 1. The van der Waals surface area contributed by atoms with Gasteiger partial charge in [0.05, 0.1) is 13.5 Å². The Hall–Kier alpha value is -1.92. The van der Waals surface area contributed by atoms with Crippen LogP contribution in [0.4, 0.5) is 5.82 Å². The average Bonchev–Trinajstić information content (AvgIpc) is 3.24. The molecule has 0 spiro atoms. The molecule has 0 amide bonds. The smallest absolute Gasteiger partial charge is 0.306 e. The first-order valence-corrected chi connectivity index (χ1v) is 12.2. The molecule has 0 aliphatic carbocycles. The number of rotatable bonds is 8. The molecule has 2 aliphatic rings. The summed E-state index contributed by atoms with van der Waals surface area (Å²) in [4.78, 5) is 19.4. The summed E-state index contributed by atoms with van der Waals surface area (Å²) in [5, 5.41) is 3.44. The lowest BCUT2D eigenvalue weighted by Crippen LogP contribution is -2.28. The number of ether oxygens (including phenoxy) is 1. The fraction of sp³-hybridized carbons (Fsp3) is 0.520. The third kappa shape index (κ3) is 6.07. The molecule has 166 valence electrons. The Kier molecular flexibility index (Phi) is 7.62. The van der Waals surface area contributed by atoms with Gasteiger partial charge in [0.2, 0.25) is 0 Å². The minimum absolute atomic E-state index is 0.146. The summed E-state index contributed by atoms with van der Waals surface area (Å²) in [5.41, 5.74) is 3.74. The maximum absolute atomic E-state index is 12.0. The maximum atomic E-state index is 12.0. The summed E-state index contributed by atoms with van der Waals surface area (Å²) in [6.07, 6.45) is 6.17. The van der Waals surface area contributed by atoms with Crippen molar-refractivity contribution >= 4 is 27.7 Å². The number of hydrogen-bond acceptors (Lipinski definition) is 5. The number of benzene rings is 1. The van der Waals surface area contributed by atoms with Crippen molar-refractivity contribution < 1.29 is 9.53 Å². The van der Waals surface area contributed by atoms with Crippen LogP contribution in [0.3, 0.4) is 0 Å². The molecule has 1 saturated heterocycles. The monoisotopic (exact) mass is 485 g/mol. The minimum atomic E-state index is -0.146. The number of methoxy groups -OCH3 is 1. The van der Waals surface area contributed by atoms with E-state index < -0.39 is 0 Å². The topological polar surface area (TPSA) is 54.5 Å². The SMILES string of the molecule is COC(=O)CC(CN1CC[C@@H](CCc2ccc3c(n2)NCCC3)C1)c1cccc(Br)c1. The fourth-order valence-corrected chi connectivity index (χ4v) is 5.24. The van der Waals surface area contributed by atoms with Crippen molar-refractivity contribution in [3.63, 3.8) is 0 Å². The van der Waals surface area contributed by atoms with Crippen LogP contribution in [-0.2, 0) is 22.4 Å². The average molecular weight is 486 g/mol. The van der Waals surface area contributed by atoms with Gasteiger partial charge >= 0.3 is 5.97 Å². The molecule has 4 rings (SSSR count). The Morgan fingerprint density at radius 1 is 1.35 bits per heavy atom. The number of esters is 1. The van der Waals surface area contributed by atoms with Crippen molar-refractivity contribution in [3.05, 3.63) is 57.7 Å². The van der Waals surface area contributed by atoms with Gasteiger partial charge in [0.1, 0.15) is 5.82 Å². The summed E-state index contributed by atoms with van der Waals surface area (Å²) in [5.74, 6) is 1.79. The number of nitrogens with one attached hydrogen (secondary N) is 1. The number of hydrogen-bond donors (Lipinski definition) is 1. The summed E-state index contributed by atoms with van der Waals surface area (Å²) < 4.78 is 6.01. The van der Waals surface area contributed by atoms with E-state index in [0.29, 0.717) is 12.3 Å². The Labute approximate surface area is 193 Å². The van der Waals surface area contributed by atoms with Crippen LogP contribution in [0.5, 0.6) is 0 Å². The number of aromatic nitrogens is 1. The highest BCUT2D eigenvalue weighted by molar-refractivity contribution is 9.10. The summed E-state index contributed by atoms with van der Waals surface area (Å²) in [7, 11) is 1.47. The van der Waals surface area contributed by atoms with Gasteiger partial charge in [-0.1, -0.05) is 34.1 Å². The molecule has 1 aromatic carbocycles. The summed E-state index contributed by atoms with van der Waals surface area (Å²) in [6.45, 7) is 4.11. The molecule has 2 atom stereocenters. The first-order valence-electron chi connectivity index (χ1n) is 11.4. The third-order valence-corrected chi connectivity index (χ3v) is 7.06. The van der Waals surface area contributed by atoms with Gasteiger partial charge < -0.3 is 15.0 Å². The van der Waals surface area contributed by atoms with Crippen LogP contribution in [0, 0.1) is 5.92 Å². The molecule has 0 radical (unpaired) electrons. The zero-order chi connectivity index (χ0) is 21.6. The first-order chi connectivity index (χ1) is 15.1. The highest BCUT2D eigenvalue weighted by Gasteiger charge is 2.27. The number of carbonyl (C=O) groups is 1. The molecule has 2 aliphatic heterocycles. The zero-order valence-electron chi connectivity index (χ0n) is 18.3. The second-order valence-corrected chi connectivity index (χ2v) is 9.74. The molecule has 1 aromatic heterocycles. The van der Waals surface area contributed by atoms with Crippen LogP contribution in [0.2, 0.25) is 0 Å². The molecule has 0 bridgehead atoms. The van der Waals surface area contributed by atoms with E-state index in [9.17, 15) is 4.79 Å². The van der Waals surface area contributed by atoms with E-state index in [2.05, 4.69) is 50.4 Å². The van der Waals surface area contributed by atoms with Gasteiger partial charge in [-0.2, -0.15) is 0 Å². The molecule has 1 N–H and O–H groups in total. The largest absolute Gasteiger partial charge is 0.469 e. The van der Waals surface area contributed by atoms with E-state index in [4.69, 9.17) is 9.72 Å². The van der Waals surface area contributed by atoms with Gasteiger partial charge in [0.25, 0.3) is 0 Å². The predicted molar refractivity (Wildman–Crippen MR) is 127 cm³/mol. The van der Waals surface area contributed by atoms with Gasteiger partial charge in [-0.15, -0.1) is 0 Å². The molecule has 1 fully saturated rings. The van der Waals surface area contributed by atoms with Crippen molar-refractivity contribution in [1.29, 1.82) is 0 Å². The first kappa shape index (κ1) is 22.3. The maximum Gasteiger partial charge on any atom is 0.306 e. The van der Waals surface area contributed by atoms with Gasteiger partial charge in [-0.25, -0.2) is 4.98 Å². The molecule has 1 unspecified atom stereocenters. The normalized spacial score (nSPS) is 19.5. The molecule has 5 nitrogen and oxygen atoms in total. The number of nitrogens with zero attached hydrogens (tertiary/aromatic N) is 2. The Morgan fingerprint density at radius 3 is 3.10 bits per heavy atom. The fourth-order valence-electron chi connectivity index (χ4n) is 4.82. The standard InChI is InChI=1S/C25H32BrN3O2/c1-31-24(30)15-21(20-4-2-6-22(26)14-20)17-29-13-11-18(16-29)7-9-23-10-8-19-5-3-12-27-25(19)28-23/h2,4,6,8,10,14,18,21H,3,5,7,9,11-13,15-17H2,1H3,(H,27,28)/t18-,21?/m1/s1. The molecule has 31 heavy (non-hydrogen) atoms. The lowest BCUT2D eigenvalue weighted by molar-refractivity contribution is -0.141. The molecule has 2 aromatic rings. The second-order valence-electron chi connectivity index (χ2n) is 8.83. The third-order valence-electron chi connectivity index (χ3n) is 6.57. The van der Waals surface area contributed by atoms with Crippen LogP contribution in [0.15, 0.2) is 40.9 Å². The van der Waals surface area contributed by atoms with E-state index in [1.807, 2.05) is 12.1 Å². The van der Waals surface area contributed by atoms with E-state index in [0.717, 1.165) is 49.3 Å². The number of pyridine rings is 1. The number of likely N-dealkylation sites (tertiary alicyclic amines) is 1. The molecule has 3 heterocycles. The molecular weight excluding hydrogens is 454 g/mol. The highest BCUT2D eigenvalue weighted by atomic mass is 79.9.